The minimum Gasteiger partial charge on any atom is -0.347 e. The number of carbonyl (C=O) groups is 1. The lowest BCUT2D eigenvalue weighted by atomic mass is 10.1. The second-order valence-corrected chi connectivity index (χ2v) is 7.31. The number of alkyl halides is 3. The Kier molecular flexibility index (Phi) is 5.36. The van der Waals surface area contributed by atoms with Gasteiger partial charge >= 0.3 is 6.18 Å². The van der Waals surface area contributed by atoms with Crippen molar-refractivity contribution in [1.29, 1.82) is 0 Å². The number of thiazole rings is 1. The number of nitrogens with one attached hydrogen (secondary N) is 1. The average molecular weight is 393 g/mol. The summed E-state index contributed by atoms with van der Waals surface area (Å²) in [5, 5.41) is 3.38. The molecular weight excluding hydrogens is 375 g/mol. The first-order chi connectivity index (χ1) is 12.8. The summed E-state index contributed by atoms with van der Waals surface area (Å²) < 4.78 is 40.3. The molecule has 0 bridgehead atoms. The Morgan fingerprint density at radius 1 is 1.22 bits per heavy atom. The van der Waals surface area contributed by atoms with E-state index >= 15 is 0 Å². The normalized spacial score (nSPS) is 11.8. The van der Waals surface area contributed by atoms with Crippen LogP contribution in [0.25, 0.3) is 5.13 Å². The summed E-state index contributed by atoms with van der Waals surface area (Å²) >= 11 is 1.26. The second-order valence-electron chi connectivity index (χ2n) is 6.34. The van der Waals surface area contributed by atoms with Gasteiger partial charge in [-0.2, -0.15) is 13.2 Å². The van der Waals surface area contributed by atoms with Crippen molar-refractivity contribution in [2.45, 2.75) is 32.5 Å². The van der Waals surface area contributed by atoms with Gasteiger partial charge in [0.25, 0.3) is 5.91 Å². The molecule has 2 aromatic heterocycles. The Morgan fingerprint density at radius 2 is 1.93 bits per heavy atom. The maximum atomic E-state index is 12.8. The van der Waals surface area contributed by atoms with Gasteiger partial charge in [-0.1, -0.05) is 37.3 Å². The highest BCUT2D eigenvalue weighted by Crippen LogP contribution is 2.30. The molecule has 8 heteroatoms. The van der Waals surface area contributed by atoms with E-state index in [1.54, 1.807) is 6.07 Å². The maximum Gasteiger partial charge on any atom is 0.416 e. The highest BCUT2D eigenvalue weighted by atomic mass is 32.1. The van der Waals surface area contributed by atoms with Crippen LogP contribution < -0.4 is 5.32 Å². The predicted molar refractivity (Wildman–Crippen MR) is 98.1 cm³/mol. The minimum atomic E-state index is -4.41. The Morgan fingerprint density at radius 3 is 2.56 bits per heavy atom. The van der Waals surface area contributed by atoms with Crippen LogP contribution in [0.15, 0.2) is 48.8 Å². The number of halogens is 3. The van der Waals surface area contributed by atoms with Crippen LogP contribution in [0, 0.1) is 0 Å². The maximum absolute atomic E-state index is 12.8. The molecule has 0 aliphatic carbocycles. The lowest BCUT2D eigenvalue weighted by Gasteiger charge is -2.10. The van der Waals surface area contributed by atoms with Crippen molar-refractivity contribution in [2.75, 3.05) is 0 Å². The molecule has 0 spiro atoms. The molecule has 1 aromatic carbocycles. The van der Waals surface area contributed by atoms with Gasteiger partial charge in [0.1, 0.15) is 4.88 Å². The van der Waals surface area contributed by atoms with Crippen LogP contribution in [-0.2, 0) is 12.7 Å². The summed E-state index contributed by atoms with van der Waals surface area (Å²) in [5.74, 6) is -0.299. The minimum absolute atomic E-state index is 0.0110. The van der Waals surface area contributed by atoms with E-state index in [-0.39, 0.29) is 18.4 Å². The number of hydrogen-bond acceptors (Lipinski definition) is 3. The third-order valence-corrected chi connectivity index (χ3v) is 5.01. The molecule has 0 aliphatic heterocycles. The molecule has 1 N–H and O–H groups in total. The van der Waals surface area contributed by atoms with E-state index in [1.165, 1.54) is 17.4 Å². The Balaban J connectivity index is 1.78. The van der Waals surface area contributed by atoms with Crippen molar-refractivity contribution < 1.29 is 18.0 Å². The van der Waals surface area contributed by atoms with Crippen molar-refractivity contribution in [1.82, 2.24) is 14.9 Å². The fraction of sp³-hybridized carbons (Fsp3) is 0.263. The average Bonchev–Trinajstić information content (AvgIpc) is 3.28. The van der Waals surface area contributed by atoms with Gasteiger partial charge in [-0.3, -0.25) is 4.79 Å². The fourth-order valence-electron chi connectivity index (χ4n) is 2.57. The van der Waals surface area contributed by atoms with Gasteiger partial charge in [-0.25, -0.2) is 4.98 Å². The first-order valence-corrected chi connectivity index (χ1v) is 9.15. The van der Waals surface area contributed by atoms with Crippen LogP contribution in [0.4, 0.5) is 13.2 Å². The largest absolute Gasteiger partial charge is 0.416 e. The highest BCUT2D eigenvalue weighted by Gasteiger charge is 2.30. The summed E-state index contributed by atoms with van der Waals surface area (Å²) in [6, 6.07) is 8.67. The van der Waals surface area contributed by atoms with E-state index in [1.807, 2.05) is 42.9 Å². The van der Waals surface area contributed by atoms with Gasteiger partial charge < -0.3 is 9.88 Å². The first-order valence-electron chi connectivity index (χ1n) is 8.34. The van der Waals surface area contributed by atoms with E-state index in [2.05, 4.69) is 10.3 Å². The summed E-state index contributed by atoms with van der Waals surface area (Å²) in [4.78, 5) is 17.7. The monoisotopic (exact) mass is 393 g/mol. The number of benzene rings is 1. The van der Waals surface area contributed by atoms with Gasteiger partial charge in [0.05, 0.1) is 11.3 Å². The zero-order valence-electron chi connectivity index (χ0n) is 14.7. The highest BCUT2D eigenvalue weighted by molar-refractivity contribution is 7.16. The van der Waals surface area contributed by atoms with E-state index in [0.717, 1.165) is 12.1 Å². The number of aromatic nitrogens is 2. The molecule has 3 aromatic rings. The lowest BCUT2D eigenvalue weighted by Crippen LogP contribution is -2.23. The zero-order chi connectivity index (χ0) is 19.6. The lowest BCUT2D eigenvalue weighted by molar-refractivity contribution is -0.137. The molecule has 0 saturated heterocycles. The molecule has 0 saturated carbocycles. The molecule has 27 heavy (non-hydrogen) atoms. The van der Waals surface area contributed by atoms with Gasteiger partial charge in [-0.05, 0) is 35.7 Å². The van der Waals surface area contributed by atoms with Crippen LogP contribution >= 0.6 is 11.3 Å². The van der Waals surface area contributed by atoms with Crippen LogP contribution in [0.1, 0.15) is 46.3 Å². The van der Waals surface area contributed by atoms with Gasteiger partial charge in [-0.15, -0.1) is 0 Å². The van der Waals surface area contributed by atoms with E-state index in [4.69, 9.17) is 0 Å². The molecule has 0 fully saturated rings. The molecule has 4 nitrogen and oxygen atoms in total. The van der Waals surface area contributed by atoms with Crippen LogP contribution in [-0.4, -0.2) is 15.5 Å². The standard InChI is InChI=1S/C19H18F3N3OS/c1-12(2)15-16(27-18(24-15)25-8-3-4-9-25)17(26)23-11-13-6-5-7-14(10-13)19(20,21)22/h3-10,12H,11H2,1-2H3,(H,23,26). The Labute approximate surface area is 158 Å². The van der Waals surface area contributed by atoms with Gasteiger partial charge in [0.15, 0.2) is 5.13 Å². The summed E-state index contributed by atoms with van der Waals surface area (Å²) in [7, 11) is 0. The van der Waals surface area contributed by atoms with E-state index in [9.17, 15) is 18.0 Å². The Bertz CT molecular complexity index is 930. The van der Waals surface area contributed by atoms with Crippen molar-refractivity contribution >= 4 is 17.2 Å². The van der Waals surface area contributed by atoms with E-state index in [0.29, 0.717) is 21.3 Å². The molecule has 0 atom stereocenters. The first kappa shape index (κ1) is 19.2. The molecule has 0 radical (unpaired) electrons. The van der Waals surface area contributed by atoms with Crippen LogP contribution in [0.5, 0.6) is 0 Å². The molecule has 0 aliphatic rings. The molecule has 3 rings (SSSR count). The van der Waals surface area contributed by atoms with E-state index < -0.39 is 11.7 Å². The van der Waals surface area contributed by atoms with Crippen molar-refractivity contribution in [3.05, 3.63) is 70.5 Å². The zero-order valence-corrected chi connectivity index (χ0v) is 15.6. The molecule has 0 unspecified atom stereocenters. The molecular formula is C19H18F3N3OS. The Hall–Kier alpha value is -2.61. The van der Waals surface area contributed by atoms with Gasteiger partial charge in [0, 0.05) is 18.9 Å². The number of hydrogen-bond donors (Lipinski definition) is 1. The summed E-state index contributed by atoms with van der Waals surface area (Å²) in [6.07, 6.45) is -0.727. The number of rotatable bonds is 5. The smallest absolute Gasteiger partial charge is 0.347 e. The fourth-order valence-corrected chi connectivity index (χ4v) is 3.67. The van der Waals surface area contributed by atoms with Crippen LogP contribution in [0.2, 0.25) is 0 Å². The third kappa shape index (κ3) is 4.39. The van der Waals surface area contributed by atoms with Gasteiger partial charge in [0.2, 0.25) is 0 Å². The summed E-state index contributed by atoms with van der Waals surface area (Å²) in [6.45, 7) is 3.90. The summed E-state index contributed by atoms with van der Waals surface area (Å²) in [5.41, 5.74) is 0.328. The van der Waals surface area contributed by atoms with Crippen molar-refractivity contribution in [2.24, 2.45) is 0 Å². The SMILES string of the molecule is CC(C)c1nc(-n2cccc2)sc1C(=O)NCc1cccc(C(F)(F)F)c1. The number of amides is 1. The topological polar surface area (TPSA) is 46.9 Å². The predicted octanol–water partition coefficient (Wildman–Crippen LogP) is 5.01. The second kappa shape index (κ2) is 7.56. The van der Waals surface area contributed by atoms with Crippen molar-refractivity contribution in [3.63, 3.8) is 0 Å². The number of carbonyl (C=O) groups excluding carboxylic acids is 1. The quantitative estimate of drug-likeness (QED) is 0.663. The molecule has 142 valence electrons. The van der Waals surface area contributed by atoms with Crippen LogP contribution in [0.3, 0.4) is 0 Å². The molecule has 2 heterocycles. The third-order valence-electron chi connectivity index (χ3n) is 3.93. The molecule has 1 amide bonds. The number of nitrogens with zero attached hydrogens (tertiary/aromatic N) is 2. The van der Waals surface area contributed by atoms with Crippen molar-refractivity contribution in [3.8, 4) is 5.13 Å².